The monoisotopic (exact) mass is 201 g/mol. The van der Waals surface area contributed by atoms with Crippen LogP contribution in [-0.4, -0.2) is 23.4 Å². The Bertz CT molecular complexity index is 186. The number of rotatable bonds is 2. The Morgan fingerprint density at radius 2 is 2.50 bits per heavy atom. The number of halogens is 1. The lowest BCUT2D eigenvalue weighted by Gasteiger charge is -2.07. The Balaban J connectivity index is 2.53. The maximum atomic E-state index is 11.0. The highest BCUT2D eigenvalue weighted by Crippen LogP contribution is 2.05. The van der Waals surface area contributed by atoms with Gasteiger partial charge in [0, 0.05) is 11.5 Å². The molecule has 0 saturated carbocycles. The van der Waals surface area contributed by atoms with E-state index in [9.17, 15) is 4.79 Å². The van der Waals surface area contributed by atoms with Crippen molar-refractivity contribution in [3.63, 3.8) is 0 Å². The maximum Gasteiger partial charge on any atom is 0.180 e. The minimum atomic E-state index is -0.135. The van der Waals surface area contributed by atoms with E-state index in [1.165, 1.54) is 0 Å². The molecule has 1 unspecified atom stereocenters. The van der Waals surface area contributed by atoms with E-state index in [0.717, 1.165) is 11.8 Å². The summed E-state index contributed by atoms with van der Waals surface area (Å²) in [5, 5.41) is 0.828. The predicted molar refractivity (Wildman–Crippen MR) is 44.8 cm³/mol. The lowest BCUT2D eigenvalue weighted by molar-refractivity contribution is -0.115. The molecule has 3 heteroatoms. The molecule has 54 valence electrons. The summed E-state index contributed by atoms with van der Waals surface area (Å²) in [6.45, 7) is 0. The van der Waals surface area contributed by atoms with Gasteiger partial charge in [0.15, 0.2) is 5.78 Å². The van der Waals surface area contributed by atoms with Gasteiger partial charge in [0.1, 0.15) is 6.04 Å². The molecular weight excluding hydrogens is 194 g/mol. The minimum Gasteiger partial charge on any atom is -0.292 e. The zero-order valence-electron chi connectivity index (χ0n) is 5.46. The molecule has 0 bridgehead atoms. The van der Waals surface area contributed by atoms with Crippen molar-refractivity contribution >= 4 is 27.9 Å². The smallest absolute Gasteiger partial charge is 0.180 e. The largest absolute Gasteiger partial charge is 0.292 e. The van der Waals surface area contributed by atoms with E-state index in [4.69, 9.17) is 0 Å². The second kappa shape index (κ2) is 3.66. The highest BCUT2D eigenvalue weighted by atomic mass is 79.9. The van der Waals surface area contributed by atoms with Crippen molar-refractivity contribution in [1.29, 1.82) is 0 Å². The summed E-state index contributed by atoms with van der Waals surface area (Å²) < 4.78 is 0. The SMILES string of the molecule is O=C1C=CC=NC1CCBr. The van der Waals surface area contributed by atoms with Crippen molar-refractivity contribution in [1.82, 2.24) is 0 Å². The highest BCUT2D eigenvalue weighted by molar-refractivity contribution is 9.09. The second-order valence-electron chi connectivity index (χ2n) is 2.05. The molecule has 1 aliphatic heterocycles. The standard InChI is InChI=1S/C7H8BrNO/c8-4-3-6-7(10)2-1-5-9-6/h1-2,5-6H,3-4H2. The van der Waals surface area contributed by atoms with Gasteiger partial charge in [0.25, 0.3) is 0 Å². The van der Waals surface area contributed by atoms with Crippen LogP contribution >= 0.6 is 15.9 Å². The number of nitrogens with zero attached hydrogens (tertiary/aromatic N) is 1. The van der Waals surface area contributed by atoms with E-state index >= 15 is 0 Å². The Labute approximate surface area is 68.2 Å². The molecular formula is C7H8BrNO. The van der Waals surface area contributed by atoms with Gasteiger partial charge < -0.3 is 0 Å². The van der Waals surface area contributed by atoms with Gasteiger partial charge in [-0.05, 0) is 18.6 Å². The first-order valence-corrected chi connectivity index (χ1v) is 4.26. The molecule has 0 N–H and O–H groups in total. The van der Waals surface area contributed by atoms with Gasteiger partial charge in [0.2, 0.25) is 0 Å². The molecule has 2 nitrogen and oxygen atoms in total. The number of dihydropyridines is 1. The molecule has 0 spiro atoms. The van der Waals surface area contributed by atoms with Crippen LogP contribution < -0.4 is 0 Å². The quantitative estimate of drug-likeness (QED) is 0.621. The second-order valence-corrected chi connectivity index (χ2v) is 2.85. The van der Waals surface area contributed by atoms with E-state index in [0.29, 0.717) is 0 Å². The molecule has 0 radical (unpaired) electrons. The summed E-state index contributed by atoms with van der Waals surface area (Å²) >= 11 is 3.26. The lowest BCUT2D eigenvalue weighted by atomic mass is 10.1. The molecule has 0 aliphatic carbocycles. The van der Waals surface area contributed by atoms with Crippen molar-refractivity contribution < 1.29 is 4.79 Å². The number of hydrogen-bond donors (Lipinski definition) is 0. The number of alkyl halides is 1. The topological polar surface area (TPSA) is 29.4 Å². The molecule has 0 aromatic carbocycles. The summed E-state index contributed by atoms with van der Waals surface area (Å²) in [4.78, 5) is 15.0. The first kappa shape index (κ1) is 7.66. The Kier molecular flexibility index (Phi) is 2.81. The maximum absolute atomic E-state index is 11.0. The first-order valence-electron chi connectivity index (χ1n) is 3.14. The Morgan fingerprint density at radius 1 is 1.70 bits per heavy atom. The van der Waals surface area contributed by atoms with E-state index < -0.39 is 0 Å². The van der Waals surface area contributed by atoms with Gasteiger partial charge >= 0.3 is 0 Å². The Hall–Kier alpha value is -0.440. The van der Waals surface area contributed by atoms with Crippen molar-refractivity contribution in [3.05, 3.63) is 12.2 Å². The fourth-order valence-electron chi connectivity index (χ4n) is 0.796. The number of hydrogen-bond acceptors (Lipinski definition) is 2. The number of aliphatic imine (C=N–C) groups is 1. The third-order valence-electron chi connectivity index (χ3n) is 1.32. The average molecular weight is 202 g/mol. The van der Waals surface area contributed by atoms with Gasteiger partial charge in [-0.1, -0.05) is 15.9 Å². The van der Waals surface area contributed by atoms with Crippen molar-refractivity contribution in [2.75, 3.05) is 5.33 Å². The van der Waals surface area contributed by atoms with E-state index in [2.05, 4.69) is 20.9 Å². The summed E-state index contributed by atoms with van der Waals surface area (Å²) in [6.07, 6.45) is 5.71. The zero-order valence-corrected chi connectivity index (χ0v) is 7.04. The summed E-state index contributed by atoms with van der Waals surface area (Å²) in [5.41, 5.74) is 0. The van der Waals surface area contributed by atoms with Crippen LogP contribution in [0.25, 0.3) is 0 Å². The molecule has 0 amide bonds. The Morgan fingerprint density at radius 3 is 3.10 bits per heavy atom. The molecule has 0 aromatic heterocycles. The molecule has 0 saturated heterocycles. The molecule has 1 heterocycles. The average Bonchev–Trinajstić information content (AvgIpc) is 1.94. The van der Waals surface area contributed by atoms with Gasteiger partial charge in [-0.2, -0.15) is 0 Å². The molecule has 0 fully saturated rings. The van der Waals surface area contributed by atoms with Crippen LogP contribution in [0, 0.1) is 0 Å². The van der Waals surface area contributed by atoms with Gasteiger partial charge in [-0.15, -0.1) is 0 Å². The summed E-state index contributed by atoms with van der Waals surface area (Å²) in [7, 11) is 0. The summed E-state index contributed by atoms with van der Waals surface area (Å²) in [5.74, 6) is 0.113. The molecule has 10 heavy (non-hydrogen) atoms. The van der Waals surface area contributed by atoms with Crippen LogP contribution in [0.3, 0.4) is 0 Å². The fourth-order valence-corrected chi connectivity index (χ4v) is 1.23. The van der Waals surface area contributed by atoms with Crippen LogP contribution in [0.15, 0.2) is 17.1 Å². The number of carbonyl (C=O) groups excluding carboxylic acids is 1. The van der Waals surface area contributed by atoms with Crippen molar-refractivity contribution in [2.24, 2.45) is 4.99 Å². The molecule has 1 atom stereocenters. The number of ketones is 1. The normalized spacial score (nSPS) is 23.7. The molecule has 1 rings (SSSR count). The van der Waals surface area contributed by atoms with Crippen molar-refractivity contribution in [3.8, 4) is 0 Å². The minimum absolute atomic E-state index is 0.113. The third-order valence-corrected chi connectivity index (χ3v) is 1.78. The van der Waals surface area contributed by atoms with E-state index in [1.807, 2.05) is 0 Å². The van der Waals surface area contributed by atoms with Crippen LogP contribution in [-0.2, 0) is 4.79 Å². The van der Waals surface area contributed by atoms with Gasteiger partial charge in [0.05, 0.1) is 0 Å². The third kappa shape index (κ3) is 1.77. The predicted octanol–water partition coefficient (Wildman–Crippen LogP) is 1.35. The van der Waals surface area contributed by atoms with Crippen LogP contribution in [0.4, 0.5) is 0 Å². The molecule has 1 aliphatic rings. The highest BCUT2D eigenvalue weighted by Gasteiger charge is 2.13. The van der Waals surface area contributed by atoms with Gasteiger partial charge in [-0.25, -0.2) is 0 Å². The van der Waals surface area contributed by atoms with E-state index in [-0.39, 0.29) is 11.8 Å². The van der Waals surface area contributed by atoms with Crippen LogP contribution in [0.1, 0.15) is 6.42 Å². The van der Waals surface area contributed by atoms with Crippen LogP contribution in [0.5, 0.6) is 0 Å². The van der Waals surface area contributed by atoms with Crippen molar-refractivity contribution in [2.45, 2.75) is 12.5 Å². The summed E-state index contributed by atoms with van der Waals surface area (Å²) in [6, 6.07) is -0.135. The first-order chi connectivity index (χ1) is 4.84. The lowest BCUT2D eigenvalue weighted by Crippen LogP contribution is -2.19. The zero-order chi connectivity index (χ0) is 7.40. The van der Waals surface area contributed by atoms with Crippen LogP contribution in [0.2, 0.25) is 0 Å². The fraction of sp³-hybridized carbons (Fsp3) is 0.429. The number of allylic oxidation sites excluding steroid dienone is 1. The van der Waals surface area contributed by atoms with Gasteiger partial charge in [-0.3, -0.25) is 9.79 Å². The van der Waals surface area contributed by atoms with E-state index in [1.54, 1.807) is 18.4 Å². The number of carbonyl (C=O) groups is 1. The molecule has 0 aromatic rings.